The second-order valence-corrected chi connectivity index (χ2v) is 4.28. The van der Waals surface area contributed by atoms with Gasteiger partial charge in [-0.25, -0.2) is 4.79 Å². The number of thioether (sulfide) groups is 1. The molecule has 1 amide bonds. The number of nitrogens with zero attached hydrogens (tertiary/aromatic N) is 2. The summed E-state index contributed by atoms with van der Waals surface area (Å²) in [6.45, 7) is 1.79. The van der Waals surface area contributed by atoms with E-state index in [1.165, 1.54) is 23.1 Å². The summed E-state index contributed by atoms with van der Waals surface area (Å²) in [6, 6.07) is 0. The van der Waals surface area contributed by atoms with Crippen LogP contribution in [0.2, 0.25) is 0 Å². The van der Waals surface area contributed by atoms with Crippen LogP contribution in [0.4, 0.5) is 5.13 Å². The van der Waals surface area contributed by atoms with Crippen LogP contribution < -0.4 is 5.32 Å². The molecule has 1 aromatic rings. The van der Waals surface area contributed by atoms with Crippen molar-refractivity contribution in [3.63, 3.8) is 0 Å². The lowest BCUT2D eigenvalue weighted by atomic mass is 10.6. The van der Waals surface area contributed by atoms with Gasteiger partial charge in [0.25, 0.3) is 0 Å². The lowest BCUT2D eigenvalue weighted by Gasteiger charge is -1.99. The number of carbonyl (C=O) groups excluding carboxylic acids is 2. The molecule has 1 rings (SSSR count). The Morgan fingerprint density at radius 2 is 2.27 bits per heavy atom. The van der Waals surface area contributed by atoms with E-state index in [1.807, 2.05) is 6.26 Å². The van der Waals surface area contributed by atoms with Gasteiger partial charge in [-0.05, 0) is 13.2 Å². The van der Waals surface area contributed by atoms with Crippen LogP contribution in [-0.4, -0.2) is 34.9 Å². The van der Waals surface area contributed by atoms with Crippen LogP contribution in [0.3, 0.4) is 0 Å². The van der Waals surface area contributed by atoms with Crippen molar-refractivity contribution in [2.24, 2.45) is 0 Å². The van der Waals surface area contributed by atoms with E-state index >= 15 is 0 Å². The number of amides is 1. The van der Waals surface area contributed by atoms with E-state index in [2.05, 4.69) is 20.3 Å². The lowest BCUT2D eigenvalue weighted by molar-refractivity contribution is -0.152. The van der Waals surface area contributed by atoms with Gasteiger partial charge in [0, 0.05) is 0 Å². The molecular weight excluding hydrogens is 238 g/mol. The number of ether oxygens (including phenoxy) is 1. The summed E-state index contributed by atoms with van der Waals surface area (Å²) in [5.74, 6) is -1.75. The van der Waals surface area contributed by atoms with Crippen LogP contribution in [0.1, 0.15) is 6.92 Å². The van der Waals surface area contributed by atoms with Gasteiger partial charge in [0.15, 0.2) is 4.34 Å². The maximum absolute atomic E-state index is 11.1. The number of hydrogen-bond acceptors (Lipinski definition) is 7. The van der Waals surface area contributed by atoms with Gasteiger partial charge < -0.3 is 4.74 Å². The fourth-order valence-electron chi connectivity index (χ4n) is 0.688. The number of esters is 1. The molecule has 1 aromatic heterocycles. The summed E-state index contributed by atoms with van der Waals surface area (Å²) in [6.07, 6.45) is 1.84. The van der Waals surface area contributed by atoms with Crippen LogP contribution in [0.15, 0.2) is 4.34 Å². The Bertz CT molecular complexity index is 366. The van der Waals surface area contributed by atoms with Crippen molar-refractivity contribution >= 4 is 40.1 Å². The average molecular weight is 247 g/mol. The predicted octanol–water partition coefficient (Wildman–Crippen LogP) is 0.762. The summed E-state index contributed by atoms with van der Waals surface area (Å²) >= 11 is 2.61. The highest BCUT2D eigenvalue weighted by atomic mass is 32.2. The molecule has 0 aliphatic heterocycles. The number of carbonyl (C=O) groups is 2. The zero-order valence-corrected chi connectivity index (χ0v) is 9.78. The third-order valence-corrected chi connectivity index (χ3v) is 3.08. The molecule has 1 heterocycles. The average Bonchev–Trinajstić information content (AvgIpc) is 2.66. The number of anilines is 1. The molecule has 15 heavy (non-hydrogen) atoms. The first kappa shape index (κ1) is 11.9. The van der Waals surface area contributed by atoms with Crippen molar-refractivity contribution in [3.05, 3.63) is 0 Å². The topological polar surface area (TPSA) is 81.2 Å². The molecule has 0 fully saturated rings. The molecule has 0 spiro atoms. The van der Waals surface area contributed by atoms with Gasteiger partial charge in [-0.3, -0.25) is 10.1 Å². The van der Waals surface area contributed by atoms with Gasteiger partial charge in [-0.15, -0.1) is 10.2 Å². The van der Waals surface area contributed by atoms with E-state index in [0.717, 1.165) is 0 Å². The quantitative estimate of drug-likeness (QED) is 0.367. The van der Waals surface area contributed by atoms with E-state index < -0.39 is 11.9 Å². The van der Waals surface area contributed by atoms with E-state index in [1.54, 1.807) is 6.92 Å². The van der Waals surface area contributed by atoms with Gasteiger partial charge in [0.05, 0.1) is 6.61 Å². The summed E-state index contributed by atoms with van der Waals surface area (Å²) in [5, 5.41) is 10.0. The molecule has 0 saturated carbocycles. The van der Waals surface area contributed by atoms with Gasteiger partial charge in [-0.2, -0.15) is 0 Å². The molecule has 1 N–H and O–H groups in total. The minimum Gasteiger partial charge on any atom is -0.459 e. The predicted molar refractivity (Wildman–Crippen MR) is 57.0 cm³/mol. The Hall–Kier alpha value is -1.15. The van der Waals surface area contributed by atoms with E-state index in [9.17, 15) is 9.59 Å². The zero-order valence-electron chi connectivity index (χ0n) is 8.14. The third-order valence-electron chi connectivity index (χ3n) is 1.26. The Kier molecular flexibility index (Phi) is 4.50. The Balaban J connectivity index is 2.54. The van der Waals surface area contributed by atoms with Crippen LogP contribution in [-0.2, 0) is 14.3 Å². The maximum atomic E-state index is 11.1. The van der Waals surface area contributed by atoms with Gasteiger partial charge in [0.2, 0.25) is 5.13 Å². The van der Waals surface area contributed by atoms with Gasteiger partial charge >= 0.3 is 11.9 Å². The highest BCUT2D eigenvalue weighted by Gasteiger charge is 2.16. The first-order valence-electron chi connectivity index (χ1n) is 4.03. The largest absolute Gasteiger partial charge is 0.459 e. The number of rotatable bonds is 3. The highest BCUT2D eigenvalue weighted by molar-refractivity contribution is 8.00. The SMILES string of the molecule is CCOC(=O)C(=O)Nc1nnc(SC)s1. The molecule has 8 heteroatoms. The van der Waals surface area contributed by atoms with Crippen molar-refractivity contribution in [3.8, 4) is 0 Å². The third kappa shape index (κ3) is 3.48. The minimum absolute atomic E-state index is 0.165. The minimum atomic E-state index is -0.918. The van der Waals surface area contributed by atoms with E-state index in [0.29, 0.717) is 4.34 Å². The standard InChI is InChI=1S/C7H9N3O3S2/c1-3-13-5(12)4(11)8-6-9-10-7(14-2)15-6/h3H2,1-2H3,(H,8,9,11). The highest BCUT2D eigenvalue weighted by Crippen LogP contribution is 2.22. The Morgan fingerprint density at radius 3 is 2.80 bits per heavy atom. The molecule has 0 radical (unpaired) electrons. The van der Waals surface area contributed by atoms with Crippen molar-refractivity contribution < 1.29 is 14.3 Å². The van der Waals surface area contributed by atoms with Gasteiger partial charge in [0.1, 0.15) is 0 Å². The maximum Gasteiger partial charge on any atom is 0.397 e. The van der Waals surface area contributed by atoms with Crippen LogP contribution in [0.5, 0.6) is 0 Å². The van der Waals surface area contributed by atoms with Crippen molar-refractivity contribution in [1.29, 1.82) is 0 Å². The molecule has 6 nitrogen and oxygen atoms in total. The second kappa shape index (κ2) is 5.66. The fourth-order valence-corrected chi connectivity index (χ4v) is 1.85. The molecule has 0 saturated heterocycles. The lowest BCUT2D eigenvalue weighted by Crippen LogP contribution is -2.24. The number of aromatic nitrogens is 2. The van der Waals surface area contributed by atoms with Crippen molar-refractivity contribution in [1.82, 2.24) is 10.2 Å². The van der Waals surface area contributed by atoms with Crippen LogP contribution in [0, 0.1) is 0 Å². The van der Waals surface area contributed by atoms with E-state index in [-0.39, 0.29) is 11.7 Å². The summed E-state index contributed by atoms with van der Waals surface area (Å²) < 4.78 is 5.23. The summed E-state index contributed by atoms with van der Waals surface area (Å²) in [5.41, 5.74) is 0. The summed E-state index contributed by atoms with van der Waals surface area (Å²) in [4.78, 5) is 22.1. The van der Waals surface area contributed by atoms with Crippen LogP contribution >= 0.6 is 23.1 Å². The fraction of sp³-hybridized carbons (Fsp3) is 0.429. The zero-order chi connectivity index (χ0) is 11.3. The Labute approximate surface area is 94.4 Å². The van der Waals surface area contributed by atoms with E-state index in [4.69, 9.17) is 0 Å². The smallest absolute Gasteiger partial charge is 0.397 e. The Morgan fingerprint density at radius 1 is 1.53 bits per heavy atom. The summed E-state index contributed by atoms with van der Waals surface area (Å²) in [7, 11) is 0. The molecule has 82 valence electrons. The molecule has 0 aliphatic carbocycles. The number of hydrogen-bond donors (Lipinski definition) is 1. The molecule has 0 atom stereocenters. The molecular formula is C7H9N3O3S2. The first-order valence-corrected chi connectivity index (χ1v) is 6.07. The molecule has 0 bridgehead atoms. The number of nitrogens with one attached hydrogen (secondary N) is 1. The normalized spacial score (nSPS) is 9.73. The first-order chi connectivity index (χ1) is 7.17. The van der Waals surface area contributed by atoms with Gasteiger partial charge in [-0.1, -0.05) is 23.1 Å². The monoisotopic (exact) mass is 247 g/mol. The van der Waals surface area contributed by atoms with Crippen molar-refractivity contribution in [2.75, 3.05) is 18.2 Å². The van der Waals surface area contributed by atoms with Crippen molar-refractivity contribution in [2.45, 2.75) is 11.3 Å². The molecule has 0 unspecified atom stereocenters. The molecule has 0 aliphatic rings. The van der Waals surface area contributed by atoms with Crippen LogP contribution in [0.25, 0.3) is 0 Å². The molecule has 0 aromatic carbocycles. The second-order valence-electron chi connectivity index (χ2n) is 2.25.